The van der Waals surface area contributed by atoms with E-state index in [9.17, 15) is 19.6 Å². The molecule has 1 aromatic carbocycles. The maximum atomic E-state index is 12.8. The third kappa shape index (κ3) is 4.86. The van der Waals surface area contributed by atoms with Crippen molar-refractivity contribution in [3.8, 4) is 6.07 Å². The molecule has 1 aliphatic rings. The van der Waals surface area contributed by atoms with Gasteiger partial charge in [-0.2, -0.15) is 5.26 Å². The van der Waals surface area contributed by atoms with Crippen LogP contribution >= 0.6 is 11.8 Å². The summed E-state index contributed by atoms with van der Waals surface area (Å²) in [7, 11) is 0. The molecule has 2 aromatic rings. The first-order chi connectivity index (χ1) is 14.3. The van der Waals surface area contributed by atoms with Crippen molar-refractivity contribution in [3.05, 3.63) is 52.7 Å². The van der Waals surface area contributed by atoms with Gasteiger partial charge in [0.1, 0.15) is 11.1 Å². The zero-order chi connectivity index (χ0) is 21.8. The number of benzene rings is 1. The van der Waals surface area contributed by atoms with Crippen molar-refractivity contribution in [2.24, 2.45) is 0 Å². The predicted octanol–water partition coefficient (Wildman–Crippen LogP) is 3.94. The van der Waals surface area contributed by atoms with Crippen molar-refractivity contribution in [2.45, 2.75) is 43.7 Å². The lowest BCUT2D eigenvalue weighted by Crippen LogP contribution is -2.30. The van der Waals surface area contributed by atoms with Crippen molar-refractivity contribution in [3.63, 3.8) is 0 Å². The Morgan fingerprint density at radius 3 is 2.63 bits per heavy atom. The van der Waals surface area contributed by atoms with Crippen molar-refractivity contribution in [1.29, 1.82) is 5.26 Å². The van der Waals surface area contributed by atoms with E-state index in [1.54, 1.807) is 36.6 Å². The molecule has 0 bridgehead atoms. The first-order valence-corrected chi connectivity index (χ1v) is 10.7. The van der Waals surface area contributed by atoms with E-state index in [4.69, 9.17) is 4.74 Å². The fraction of sp³-hybridized carbons (Fsp3) is 0.318. The molecule has 1 aromatic heterocycles. The number of pyridine rings is 1. The summed E-state index contributed by atoms with van der Waals surface area (Å²) in [6.07, 6.45) is 2.69. The number of carbonyl (C=O) groups is 3. The quantitative estimate of drug-likeness (QED) is 0.408. The normalized spacial score (nSPS) is 13.8. The minimum atomic E-state index is -1.10. The topological polar surface area (TPSA) is 109 Å². The summed E-state index contributed by atoms with van der Waals surface area (Å²) in [6, 6.07) is 10.1. The number of hydrogen-bond acceptors (Lipinski definition) is 7. The molecule has 1 fully saturated rings. The van der Waals surface area contributed by atoms with Gasteiger partial charge in [-0.05, 0) is 51.1 Å². The van der Waals surface area contributed by atoms with Gasteiger partial charge in [-0.25, -0.2) is 9.78 Å². The van der Waals surface area contributed by atoms with Gasteiger partial charge in [0.25, 0.3) is 5.91 Å². The second-order valence-corrected chi connectivity index (χ2v) is 7.83. The Hall–Kier alpha value is -3.18. The van der Waals surface area contributed by atoms with E-state index in [0.29, 0.717) is 22.2 Å². The fourth-order valence-electron chi connectivity index (χ4n) is 2.88. The number of esters is 1. The number of Topliss-reactive ketones (excluding diaryl/α,β-unsaturated/α-hetero) is 1. The van der Waals surface area contributed by atoms with Crippen LogP contribution in [0.5, 0.6) is 0 Å². The Balaban J connectivity index is 1.76. The molecule has 0 spiro atoms. The third-order valence-electron chi connectivity index (χ3n) is 4.72. The highest BCUT2D eigenvalue weighted by atomic mass is 32.2. The van der Waals surface area contributed by atoms with Gasteiger partial charge in [0.2, 0.25) is 0 Å². The molecule has 0 radical (unpaired) electrons. The van der Waals surface area contributed by atoms with Gasteiger partial charge >= 0.3 is 5.97 Å². The number of aromatic nitrogens is 1. The van der Waals surface area contributed by atoms with Crippen molar-refractivity contribution < 1.29 is 19.1 Å². The van der Waals surface area contributed by atoms with E-state index in [-0.39, 0.29) is 16.9 Å². The van der Waals surface area contributed by atoms with Crippen molar-refractivity contribution in [2.75, 3.05) is 11.6 Å². The number of nitriles is 1. The lowest BCUT2D eigenvalue weighted by Gasteiger charge is -2.15. The van der Waals surface area contributed by atoms with Crippen LogP contribution in [0, 0.1) is 11.3 Å². The summed E-state index contributed by atoms with van der Waals surface area (Å²) >= 11 is 1.29. The standard InChI is InChI=1S/C22H21N3O4S/c1-12(26)15-5-4-6-16(9-15)24-20(27)13(2)29-22(28)17-10-19(14-7-8-14)25-21(30-3)18(17)11-23/h4-6,9-10,13-14H,7-8H2,1-3H3,(H,24,27). The Labute approximate surface area is 178 Å². The summed E-state index contributed by atoms with van der Waals surface area (Å²) in [5.41, 5.74) is 1.93. The lowest BCUT2D eigenvalue weighted by molar-refractivity contribution is -0.123. The smallest absolute Gasteiger partial charge is 0.340 e. The van der Waals surface area contributed by atoms with Crippen LogP contribution in [0.4, 0.5) is 5.69 Å². The summed E-state index contributed by atoms with van der Waals surface area (Å²) in [5.74, 6) is -1.11. The number of carbonyl (C=O) groups excluding carboxylic acids is 3. The zero-order valence-corrected chi connectivity index (χ0v) is 17.7. The van der Waals surface area contributed by atoms with E-state index in [0.717, 1.165) is 18.5 Å². The van der Waals surface area contributed by atoms with Crippen LogP contribution in [0.2, 0.25) is 0 Å². The largest absolute Gasteiger partial charge is 0.449 e. The van der Waals surface area contributed by atoms with Crippen molar-refractivity contribution >= 4 is 35.1 Å². The molecule has 1 saturated carbocycles. The van der Waals surface area contributed by atoms with Gasteiger partial charge in [-0.3, -0.25) is 9.59 Å². The average molecular weight is 423 g/mol. The molecule has 1 aliphatic carbocycles. The molecular formula is C22H21N3O4S. The van der Waals surface area contributed by atoms with Gasteiger partial charge in [0, 0.05) is 22.9 Å². The molecule has 1 N–H and O–H groups in total. The second-order valence-electron chi connectivity index (χ2n) is 7.04. The van der Waals surface area contributed by atoms with Gasteiger partial charge in [0.15, 0.2) is 11.9 Å². The molecular weight excluding hydrogens is 402 g/mol. The van der Waals surface area contributed by atoms with Crippen LogP contribution in [-0.4, -0.2) is 35.0 Å². The minimum absolute atomic E-state index is 0.122. The Morgan fingerprint density at radius 1 is 1.30 bits per heavy atom. The minimum Gasteiger partial charge on any atom is -0.449 e. The highest BCUT2D eigenvalue weighted by molar-refractivity contribution is 7.98. The highest BCUT2D eigenvalue weighted by Crippen LogP contribution is 2.40. The highest BCUT2D eigenvalue weighted by Gasteiger charge is 2.30. The Bertz CT molecular complexity index is 1060. The lowest BCUT2D eigenvalue weighted by atomic mass is 10.1. The molecule has 30 heavy (non-hydrogen) atoms. The fourth-order valence-corrected chi connectivity index (χ4v) is 3.44. The van der Waals surface area contributed by atoms with E-state index in [2.05, 4.69) is 10.3 Å². The van der Waals surface area contributed by atoms with Crippen LogP contribution in [-0.2, 0) is 9.53 Å². The number of nitrogens with zero attached hydrogens (tertiary/aromatic N) is 2. The van der Waals surface area contributed by atoms with Gasteiger partial charge in [-0.1, -0.05) is 12.1 Å². The number of rotatable bonds is 7. The molecule has 1 unspecified atom stereocenters. The molecule has 1 atom stereocenters. The third-order valence-corrected chi connectivity index (χ3v) is 5.40. The monoisotopic (exact) mass is 423 g/mol. The van der Waals surface area contributed by atoms with Crippen LogP contribution < -0.4 is 5.32 Å². The van der Waals surface area contributed by atoms with Gasteiger partial charge in [-0.15, -0.1) is 11.8 Å². The first-order valence-electron chi connectivity index (χ1n) is 9.46. The van der Waals surface area contributed by atoms with Gasteiger partial charge in [0.05, 0.1) is 11.1 Å². The summed E-state index contributed by atoms with van der Waals surface area (Å²) < 4.78 is 5.34. The van der Waals surface area contributed by atoms with Crippen LogP contribution in [0.3, 0.4) is 0 Å². The second kappa shape index (κ2) is 9.09. The Kier molecular flexibility index (Phi) is 6.53. The van der Waals surface area contributed by atoms with E-state index >= 15 is 0 Å². The number of hydrogen-bond donors (Lipinski definition) is 1. The number of ether oxygens (including phenoxy) is 1. The molecule has 3 rings (SSSR count). The number of ketones is 1. The van der Waals surface area contributed by atoms with Crippen LogP contribution in [0.1, 0.15) is 64.6 Å². The van der Waals surface area contributed by atoms with E-state index < -0.39 is 18.0 Å². The van der Waals surface area contributed by atoms with Crippen LogP contribution in [0.25, 0.3) is 0 Å². The first kappa shape index (κ1) is 21.5. The number of nitrogens with one attached hydrogen (secondary N) is 1. The molecule has 7 nitrogen and oxygen atoms in total. The average Bonchev–Trinajstić information content (AvgIpc) is 3.58. The summed E-state index contributed by atoms with van der Waals surface area (Å²) in [6.45, 7) is 2.89. The van der Waals surface area contributed by atoms with Crippen LogP contribution in [0.15, 0.2) is 35.4 Å². The zero-order valence-electron chi connectivity index (χ0n) is 16.9. The molecule has 0 aliphatic heterocycles. The van der Waals surface area contributed by atoms with Crippen molar-refractivity contribution in [1.82, 2.24) is 4.98 Å². The number of anilines is 1. The predicted molar refractivity (Wildman–Crippen MR) is 113 cm³/mol. The summed E-state index contributed by atoms with van der Waals surface area (Å²) in [4.78, 5) is 41.2. The Morgan fingerprint density at radius 2 is 2.03 bits per heavy atom. The molecule has 154 valence electrons. The molecule has 8 heteroatoms. The molecule has 0 saturated heterocycles. The molecule has 1 heterocycles. The van der Waals surface area contributed by atoms with E-state index in [1.165, 1.54) is 25.6 Å². The number of amides is 1. The number of thioether (sulfide) groups is 1. The maximum Gasteiger partial charge on any atom is 0.340 e. The summed E-state index contributed by atoms with van der Waals surface area (Å²) in [5, 5.41) is 12.6. The molecule has 1 amide bonds. The van der Waals surface area contributed by atoms with Gasteiger partial charge < -0.3 is 10.1 Å². The maximum absolute atomic E-state index is 12.8. The SMILES string of the molecule is CSc1nc(C2CC2)cc(C(=O)OC(C)C(=O)Nc2cccc(C(C)=O)c2)c1C#N. The van der Waals surface area contributed by atoms with E-state index in [1.807, 2.05) is 6.07 Å².